The van der Waals surface area contributed by atoms with Crippen LogP contribution in [0.1, 0.15) is 27.7 Å². The second-order valence-electron chi connectivity index (χ2n) is 4.28. The van der Waals surface area contributed by atoms with Crippen molar-refractivity contribution in [3.63, 3.8) is 0 Å². The molecule has 3 N–H and O–H groups in total. The molecular weight excluding hydrogens is 194 g/mol. The summed E-state index contributed by atoms with van der Waals surface area (Å²) in [5, 5.41) is 8.12. The van der Waals surface area contributed by atoms with Crippen LogP contribution in [0.2, 0.25) is 0 Å². The normalized spacial score (nSPS) is 11.3. The number of rotatable bonds is 5. The average Bonchev–Trinajstić information content (AvgIpc) is 2.13. The summed E-state index contributed by atoms with van der Waals surface area (Å²) >= 11 is 0. The van der Waals surface area contributed by atoms with Gasteiger partial charge in [-0.15, -0.1) is 0 Å². The maximum absolute atomic E-state index is 11.5. The summed E-state index contributed by atoms with van der Waals surface area (Å²) in [4.78, 5) is 22.8. The average molecular weight is 215 g/mol. The van der Waals surface area contributed by atoms with Crippen molar-refractivity contribution in [2.45, 2.75) is 39.3 Å². The Morgan fingerprint density at radius 3 is 2.20 bits per heavy atom. The molecule has 0 aromatic carbocycles. The number of carbonyl (C=O) groups excluding carboxylic acids is 2. The highest BCUT2D eigenvalue weighted by Crippen LogP contribution is 1.99. The third kappa shape index (κ3) is 5.37. The van der Waals surface area contributed by atoms with Crippen LogP contribution in [0.4, 0.5) is 0 Å². The minimum Gasteiger partial charge on any atom is -0.352 e. The van der Waals surface area contributed by atoms with Gasteiger partial charge in [-0.05, 0) is 34.7 Å². The van der Waals surface area contributed by atoms with Gasteiger partial charge in [0.25, 0.3) is 0 Å². The molecule has 0 aromatic rings. The van der Waals surface area contributed by atoms with Crippen LogP contribution in [0.3, 0.4) is 0 Å². The van der Waals surface area contributed by atoms with E-state index in [1.807, 2.05) is 13.8 Å². The van der Waals surface area contributed by atoms with Gasteiger partial charge < -0.3 is 16.0 Å². The van der Waals surface area contributed by atoms with E-state index < -0.39 is 5.54 Å². The smallest absolute Gasteiger partial charge is 0.240 e. The van der Waals surface area contributed by atoms with Crippen LogP contribution in [-0.2, 0) is 9.59 Å². The van der Waals surface area contributed by atoms with E-state index in [-0.39, 0.29) is 24.4 Å². The van der Waals surface area contributed by atoms with Crippen LogP contribution in [0.15, 0.2) is 0 Å². The minimum absolute atomic E-state index is 0.0160. The lowest BCUT2D eigenvalue weighted by Crippen LogP contribution is -2.53. The van der Waals surface area contributed by atoms with Gasteiger partial charge in [0.15, 0.2) is 0 Å². The summed E-state index contributed by atoms with van der Waals surface area (Å²) in [5.41, 5.74) is -0.655. The first-order valence-electron chi connectivity index (χ1n) is 5.06. The molecule has 88 valence electrons. The number of likely N-dealkylation sites (N-methyl/N-ethyl adjacent to an activating group) is 1. The monoisotopic (exact) mass is 215 g/mol. The Balaban J connectivity index is 3.96. The van der Waals surface area contributed by atoms with Crippen molar-refractivity contribution in [1.29, 1.82) is 0 Å². The summed E-state index contributed by atoms with van der Waals surface area (Å²) < 4.78 is 0. The van der Waals surface area contributed by atoms with Crippen LogP contribution >= 0.6 is 0 Å². The predicted octanol–water partition coefficient (Wildman–Crippen LogP) is -0.375. The van der Waals surface area contributed by atoms with Gasteiger partial charge in [-0.25, -0.2) is 0 Å². The Morgan fingerprint density at radius 2 is 1.80 bits per heavy atom. The summed E-state index contributed by atoms with van der Waals surface area (Å²) in [6.45, 7) is 7.27. The highest BCUT2D eigenvalue weighted by molar-refractivity contribution is 5.89. The summed E-state index contributed by atoms with van der Waals surface area (Å²) in [7, 11) is 1.70. The molecule has 0 fully saturated rings. The van der Waals surface area contributed by atoms with Gasteiger partial charge in [-0.1, -0.05) is 0 Å². The molecule has 0 bridgehead atoms. The highest BCUT2D eigenvalue weighted by atomic mass is 16.2. The van der Waals surface area contributed by atoms with E-state index in [1.165, 1.54) is 0 Å². The van der Waals surface area contributed by atoms with E-state index in [2.05, 4.69) is 16.0 Å². The first-order chi connectivity index (χ1) is 6.79. The van der Waals surface area contributed by atoms with Crippen LogP contribution < -0.4 is 16.0 Å². The minimum atomic E-state index is -0.655. The molecule has 0 spiro atoms. The third-order valence-corrected chi connectivity index (χ3v) is 2.05. The van der Waals surface area contributed by atoms with E-state index in [0.29, 0.717) is 0 Å². The Kier molecular flexibility index (Phi) is 5.28. The van der Waals surface area contributed by atoms with Crippen LogP contribution in [0, 0.1) is 0 Å². The van der Waals surface area contributed by atoms with Crippen molar-refractivity contribution in [2.75, 3.05) is 13.6 Å². The van der Waals surface area contributed by atoms with Crippen molar-refractivity contribution in [2.24, 2.45) is 0 Å². The van der Waals surface area contributed by atoms with Crippen molar-refractivity contribution >= 4 is 11.8 Å². The van der Waals surface area contributed by atoms with Crippen LogP contribution in [-0.4, -0.2) is 37.0 Å². The molecule has 0 heterocycles. The molecule has 0 aliphatic carbocycles. The molecule has 5 nitrogen and oxygen atoms in total. The molecule has 0 saturated carbocycles. The van der Waals surface area contributed by atoms with E-state index in [4.69, 9.17) is 0 Å². The molecular formula is C10H21N3O2. The predicted molar refractivity (Wildman–Crippen MR) is 59.4 cm³/mol. The van der Waals surface area contributed by atoms with Gasteiger partial charge in [-0.3, -0.25) is 9.59 Å². The largest absolute Gasteiger partial charge is 0.352 e. The fraction of sp³-hybridized carbons (Fsp3) is 0.800. The second kappa shape index (κ2) is 5.70. The summed E-state index contributed by atoms with van der Waals surface area (Å²) in [6.07, 6.45) is 0. The maximum atomic E-state index is 11.5. The zero-order chi connectivity index (χ0) is 12.1. The van der Waals surface area contributed by atoms with E-state index in [0.717, 1.165) is 0 Å². The molecule has 0 rings (SSSR count). The lowest BCUT2D eigenvalue weighted by Gasteiger charge is -2.22. The Bertz CT molecular complexity index is 237. The zero-order valence-electron chi connectivity index (χ0n) is 10.1. The molecule has 0 aliphatic heterocycles. The number of carbonyl (C=O) groups is 2. The number of amides is 2. The molecule has 5 heteroatoms. The first kappa shape index (κ1) is 13.9. The van der Waals surface area contributed by atoms with Gasteiger partial charge in [0.05, 0.1) is 12.1 Å². The van der Waals surface area contributed by atoms with Gasteiger partial charge in [0.2, 0.25) is 11.8 Å². The standard InChI is InChI=1S/C10H21N3O2/c1-7(2)13-8(14)6-12-9(15)10(3,4)11-5/h7,11H,6H2,1-5H3,(H,12,15)(H,13,14). The second-order valence-corrected chi connectivity index (χ2v) is 4.28. The topological polar surface area (TPSA) is 70.2 Å². The zero-order valence-corrected chi connectivity index (χ0v) is 10.1. The Morgan fingerprint density at radius 1 is 1.27 bits per heavy atom. The lowest BCUT2D eigenvalue weighted by atomic mass is 10.1. The van der Waals surface area contributed by atoms with Crippen molar-refractivity contribution < 1.29 is 9.59 Å². The van der Waals surface area contributed by atoms with Gasteiger partial charge in [0, 0.05) is 6.04 Å². The molecule has 2 amide bonds. The van der Waals surface area contributed by atoms with E-state index in [1.54, 1.807) is 20.9 Å². The highest BCUT2D eigenvalue weighted by Gasteiger charge is 2.25. The molecule has 0 atom stereocenters. The molecule has 15 heavy (non-hydrogen) atoms. The SMILES string of the molecule is CNC(C)(C)C(=O)NCC(=O)NC(C)C. The van der Waals surface area contributed by atoms with Gasteiger partial charge in [0.1, 0.15) is 0 Å². The van der Waals surface area contributed by atoms with Gasteiger partial charge >= 0.3 is 0 Å². The molecule has 0 aliphatic rings. The van der Waals surface area contributed by atoms with Gasteiger partial charge in [-0.2, -0.15) is 0 Å². The molecule has 0 radical (unpaired) electrons. The Hall–Kier alpha value is -1.10. The molecule has 0 unspecified atom stereocenters. The third-order valence-electron chi connectivity index (χ3n) is 2.05. The number of hydrogen-bond donors (Lipinski definition) is 3. The summed E-state index contributed by atoms with van der Waals surface area (Å²) in [6, 6.07) is 0.0895. The van der Waals surface area contributed by atoms with Crippen molar-refractivity contribution in [3.05, 3.63) is 0 Å². The summed E-state index contributed by atoms with van der Waals surface area (Å²) in [5.74, 6) is -0.367. The van der Waals surface area contributed by atoms with E-state index >= 15 is 0 Å². The molecule has 0 aromatic heterocycles. The van der Waals surface area contributed by atoms with Crippen LogP contribution in [0.5, 0.6) is 0 Å². The van der Waals surface area contributed by atoms with E-state index in [9.17, 15) is 9.59 Å². The fourth-order valence-corrected chi connectivity index (χ4v) is 0.868. The quantitative estimate of drug-likeness (QED) is 0.586. The Labute approximate surface area is 91.0 Å². The maximum Gasteiger partial charge on any atom is 0.240 e. The van der Waals surface area contributed by atoms with Crippen molar-refractivity contribution in [1.82, 2.24) is 16.0 Å². The number of hydrogen-bond acceptors (Lipinski definition) is 3. The first-order valence-corrected chi connectivity index (χ1v) is 5.06. The lowest BCUT2D eigenvalue weighted by molar-refractivity contribution is -0.129. The molecule has 0 saturated heterocycles. The fourth-order valence-electron chi connectivity index (χ4n) is 0.868. The van der Waals surface area contributed by atoms with Crippen molar-refractivity contribution in [3.8, 4) is 0 Å². The number of nitrogens with one attached hydrogen (secondary N) is 3. The van der Waals surface area contributed by atoms with Crippen LogP contribution in [0.25, 0.3) is 0 Å².